The highest BCUT2D eigenvalue weighted by Crippen LogP contribution is 2.15. The topological polar surface area (TPSA) is 78.9 Å². The molecule has 0 spiro atoms. The lowest BCUT2D eigenvalue weighted by Crippen LogP contribution is -2.30. The molecule has 0 amide bonds. The second-order valence-corrected chi connectivity index (χ2v) is 19.9. The van der Waals surface area contributed by atoms with Crippen molar-refractivity contribution in [2.45, 2.75) is 316 Å². The Bertz CT molecular complexity index is 1190. The minimum atomic E-state index is -0.784. The molecule has 6 heteroatoms. The standard InChI is InChI=1S/C62H112O6/c1-4-7-10-13-16-19-22-25-28-30-31-32-35-37-40-43-46-49-52-55-61(64)67-58-59(57-66-60(63)54-51-48-45-42-39-36-33-27-24-21-18-15-12-9-6-3)68-62(65)56-53-50-47-44-41-38-34-29-26-23-20-17-14-11-8-5-2/h20,23,25,27-29,33-34,59H,4-19,21-22,24,26,30-32,35-58H2,1-3H3/b23-20-,28-25-,33-27-,34-29-. The molecule has 396 valence electrons. The smallest absolute Gasteiger partial charge is 0.306 e. The molecule has 0 aliphatic rings. The monoisotopic (exact) mass is 953 g/mol. The van der Waals surface area contributed by atoms with E-state index in [9.17, 15) is 14.4 Å². The molecule has 1 unspecified atom stereocenters. The molecule has 1 atom stereocenters. The van der Waals surface area contributed by atoms with Crippen molar-refractivity contribution in [1.29, 1.82) is 0 Å². The van der Waals surface area contributed by atoms with E-state index >= 15 is 0 Å². The van der Waals surface area contributed by atoms with Crippen LogP contribution in [-0.2, 0) is 28.6 Å². The van der Waals surface area contributed by atoms with Crippen LogP contribution in [-0.4, -0.2) is 37.2 Å². The number of carbonyl (C=O) groups excluding carboxylic acids is 3. The predicted molar refractivity (Wildman–Crippen MR) is 293 cm³/mol. The number of allylic oxidation sites excluding steroid dienone is 8. The molecule has 0 saturated carbocycles. The van der Waals surface area contributed by atoms with Crippen LogP contribution in [0.1, 0.15) is 310 Å². The van der Waals surface area contributed by atoms with Gasteiger partial charge in [0.2, 0.25) is 0 Å². The maximum absolute atomic E-state index is 12.9. The number of carbonyl (C=O) groups is 3. The van der Waals surface area contributed by atoms with Crippen LogP contribution < -0.4 is 0 Å². The molecule has 0 aromatic heterocycles. The highest BCUT2D eigenvalue weighted by Gasteiger charge is 2.19. The summed E-state index contributed by atoms with van der Waals surface area (Å²) < 4.78 is 16.9. The lowest BCUT2D eigenvalue weighted by Gasteiger charge is -2.18. The van der Waals surface area contributed by atoms with Crippen molar-refractivity contribution in [2.24, 2.45) is 0 Å². The highest BCUT2D eigenvalue weighted by molar-refractivity contribution is 5.71. The summed E-state index contributed by atoms with van der Waals surface area (Å²) in [5.74, 6) is -0.891. The third-order valence-corrected chi connectivity index (χ3v) is 13.0. The van der Waals surface area contributed by atoms with E-state index in [2.05, 4.69) is 69.4 Å². The van der Waals surface area contributed by atoms with Gasteiger partial charge < -0.3 is 14.2 Å². The third-order valence-electron chi connectivity index (χ3n) is 13.0. The highest BCUT2D eigenvalue weighted by atomic mass is 16.6. The Morgan fingerprint density at radius 2 is 0.529 bits per heavy atom. The molecule has 0 rings (SSSR count). The van der Waals surface area contributed by atoms with E-state index in [0.717, 1.165) is 89.9 Å². The molecule has 0 N–H and O–H groups in total. The SMILES string of the molecule is CCCCCC/C=C\C/C=C\CCCCCCCC(=O)OC(COC(=O)CCCCCCC/C=C\CCCCCCCC)COC(=O)CCCCCCCCCCC/C=C\CCCCCCCC. The largest absolute Gasteiger partial charge is 0.462 e. The van der Waals surface area contributed by atoms with Crippen LogP contribution in [0.4, 0.5) is 0 Å². The fourth-order valence-corrected chi connectivity index (χ4v) is 8.52. The van der Waals surface area contributed by atoms with Gasteiger partial charge >= 0.3 is 17.9 Å². The first-order valence-corrected chi connectivity index (χ1v) is 29.6. The number of ether oxygens (including phenoxy) is 3. The molecule has 0 aromatic carbocycles. The number of rotatable bonds is 54. The van der Waals surface area contributed by atoms with E-state index in [1.165, 1.54) is 180 Å². The summed E-state index contributed by atoms with van der Waals surface area (Å²) in [4.78, 5) is 38.2. The molecule has 0 saturated heterocycles. The van der Waals surface area contributed by atoms with Crippen molar-refractivity contribution >= 4 is 17.9 Å². The van der Waals surface area contributed by atoms with Crippen LogP contribution in [0.15, 0.2) is 48.6 Å². The second kappa shape index (κ2) is 57.0. The van der Waals surface area contributed by atoms with E-state index in [1.807, 2.05) is 0 Å². The first kappa shape index (κ1) is 65.4. The first-order valence-electron chi connectivity index (χ1n) is 29.6. The fourth-order valence-electron chi connectivity index (χ4n) is 8.52. The van der Waals surface area contributed by atoms with E-state index in [1.54, 1.807) is 0 Å². The summed E-state index contributed by atoms with van der Waals surface area (Å²) in [5.41, 5.74) is 0. The first-order chi connectivity index (χ1) is 33.5. The number of unbranched alkanes of at least 4 members (excludes halogenated alkanes) is 35. The Morgan fingerprint density at radius 1 is 0.294 bits per heavy atom. The van der Waals surface area contributed by atoms with Crippen LogP contribution in [0.25, 0.3) is 0 Å². The average Bonchev–Trinajstić information content (AvgIpc) is 3.34. The van der Waals surface area contributed by atoms with Crippen molar-refractivity contribution in [3.05, 3.63) is 48.6 Å². The summed E-state index contributed by atoms with van der Waals surface area (Å²) in [6.45, 7) is 6.63. The molecule has 0 aromatic rings. The van der Waals surface area contributed by atoms with Crippen LogP contribution in [0.5, 0.6) is 0 Å². The van der Waals surface area contributed by atoms with Gasteiger partial charge in [0.25, 0.3) is 0 Å². The summed E-state index contributed by atoms with van der Waals surface area (Å²) in [6.07, 6.45) is 69.5. The molecule has 6 nitrogen and oxygen atoms in total. The molecule has 68 heavy (non-hydrogen) atoms. The number of hydrogen-bond acceptors (Lipinski definition) is 6. The molecule has 0 radical (unpaired) electrons. The molecule has 0 aliphatic carbocycles. The summed E-state index contributed by atoms with van der Waals surface area (Å²) in [5, 5.41) is 0. The van der Waals surface area contributed by atoms with Gasteiger partial charge in [-0.1, -0.05) is 236 Å². The van der Waals surface area contributed by atoms with E-state index in [-0.39, 0.29) is 31.1 Å². The van der Waals surface area contributed by atoms with E-state index in [4.69, 9.17) is 14.2 Å². The Morgan fingerprint density at radius 3 is 0.838 bits per heavy atom. The van der Waals surface area contributed by atoms with Gasteiger partial charge in [0.15, 0.2) is 6.10 Å². The normalized spacial score (nSPS) is 12.3. The fraction of sp³-hybridized carbons (Fsp3) is 0.823. The van der Waals surface area contributed by atoms with Gasteiger partial charge in [-0.25, -0.2) is 0 Å². The minimum Gasteiger partial charge on any atom is -0.462 e. The lowest BCUT2D eigenvalue weighted by molar-refractivity contribution is -0.167. The van der Waals surface area contributed by atoms with Crippen molar-refractivity contribution < 1.29 is 28.6 Å². The zero-order valence-corrected chi connectivity index (χ0v) is 45.4. The lowest BCUT2D eigenvalue weighted by atomic mass is 10.1. The molecular formula is C62H112O6. The van der Waals surface area contributed by atoms with Gasteiger partial charge in [-0.05, 0) is 103 Å². The number of hydrogen-bond donors (Lipinski definition) is 0. The zero-order chi connectivity index (χ0) is 49.3. The van der Waals surface area contributed by atoms with Crippen molar-refractivity contribution in [1.82, 2.24) is 0 Å². The maximum atomic E-state index is 12.9. The second-order valence-electron chi connectivity index (χ2n) is 19.9. The molecule has 0 aliphatic heterocycles. The maximum Gasteiger partial charge on any atom is 0.306 e. The Hall–Kier alpha value is -2.63. The Balaban J connectivity index is 4.38. The molecule has 0 fully saturated rings. The van der Waals surface area contributed by atoms with Crippen LogP contribution >= 0.6 is 0 Å². The van der Waals surface area contributed by atoms with Crippen molar-refractivity contribution in [2.75, 3.05) is 13.2 Å². The predicted octanol–water partition coefficient (Wildman–Crippen LogP) is 19.8. The van der Waals surface area contributed by atoms with Gasteiger partial charge in [0, 0.05) is 19.3 Å². The summed E-state index contributed by atoms with van der Waals surface area (Å²) in [7, 11) is 0. The molecular weight excluding hydrogens is 841 g/mol. The van der Waals surface area contributed by atoms with Crippen molar-refractivity contribution in [3.8, 4) is 0 Å². The van der Waals surface area contributed by atoms with Gasteiger partial charge in [-0.3, -0.25) is 14.4 Å². The van der Waals surface area contributed by atoms with Gasteiger partial charge in [-0.15, -0.1) is 0 Å². The quantitative estimate of drug-likeness (QED) is 0.0262. The number of esters is 3. The van der Waals surface area contributed by atoms with Crippen molar-refractivity contribution in [3.63, 3.8) is 0 Å². The minimum absolute atomic E-state index is 0.0809. The Kier molecular flexibility index (Phi) is 54.8. The molecule has 0 bridgehead atoms. The average molecular weight is 954 g/mol. The van der Waals surface area contributed by atoms with Gasteiger partial charge in [-0.2, -0.15) is 0 Å². The van der Waals surface area contributed by atoms with E-state index < -0.39 is 6.10 Å². The summed E-state index contributed by atoms with van der Waals surface area (Å²) in [6, 6.07) is 0. The van der Waals surface area contributed by atoms with Crippen LogP contribution in [0, 0.1) is 0 Å². The van der Waals surface area contributed by atoms with E-state index in [0.29, 0.717) is 19.3 Å². The van der Waals surface area contributed by atoms with Gasteiger partial charge in [0.1, 0.15) is 13.2 Å². The third kappa shape index (κ3) is 54.3. The zero-order valence-electron chi connectivity index (χ0n) is 45.4. The Labute approximate surface area is 422 Å². The molecule has 0 heterocycles. The summed E-state index contributed by atoms with van der Waals surface area (Å²) >= 11 is 0. The van der Waals surface area contributed by atoms with Crippen LogP contribution in [0.3, 0.4) is 0 Å². The van der Waals surface area contributed by atoms with Gasteiger partial charge in [0.05, 0.1) is 0 Å². The van der Waals surface area contributed by atoms with Crippen LogP contribution in [0.2, 0.25) is 0 Å².